The summed E-state index contributed by atoms with van der Waals surface area (Å²) in [4.78, 5) is 18.5. The van der Waals surface area contributed by atoms with E-state index in [-0.39, 0.29) is 17.0 Å². The van der Waals surface area contributed by atoms with Crippen LogP contribution in [0.3, 0.4) is 0 Å². The van der Waals surface area contributed by atoms with Gasteiger partial charge in [0.25, 0.3) is 20.2 Å². The highest BCUT2D eigenvalue weighted by Crippen LogP contribution is 2.50. The number of hydrogen-bond donors (Lipinski definition) is 4. The van der Waals surface area contributed by atoms with Crippen LogP contribution < -0.4 is 9.47 Å². The molecule has 0 bridgehead atoms. The summed E-state index contributed by atoms with van der Waals surface area (Å²) in [6, 6.07) is 22.6. The molecule has 3 heterocycles. The number of nitrogens with zero attached hydrogens (tertiary/aromatic N) is 6. The second kappa shape index (κ2) is 15.5. The number of ether oxygens (including phenoxy) is 4. The summed E-state index contributed by atoms with van der Waals surface area (Å²) in [6.45, 7) is -0.761. The minimum atomic E-state index is -5.23. The van der Waals surface area contributed by atoms with Crippen molar-refractivity contribution in [1.29, 1.82) is 0 Å². The molecule has 6 rings (SSSR count). The van der Waals surface area contributed by atoms with Crippen LogP contribution in [0.15, 0.2) is 96.5 Å². The fraction of sp³-hybridized carbons (Fsp3) is 0.333. The number of hydrogen-bond acceptors (Lipinski definition) is 14. The summed E-state index contributed by atoms with van der Waals surface area (Å²) in [5.74, 6) is -2.20. The van der Waals surface area contributed by atoms with Crippen molar-refractivity contribution in [3.8, 4) is 11.5 Å². The Bertz CT molecular complexity index is 2370. The minimum Gasteiger partial charge on any atom is -0.497 e. The van der Waals surface area contributed by atoms with Gasteiger partial charge in [0.1, 0.15) is 46.6 Å². The van der Waals surface area contributed by atoms with Gasteiger partial charge in [-0.25, -0.2) is 19.9 Å². The maximum atomic E-state index is 12.6. The molecule has 3 aromatic carbocycles. The van der Waals surface area contributed by atoms with Crippen molar-refractivity contribution in [3.05, 3.63) is 108 Å². The van der Waals surface area contributed by atoms with Crippen molar-refractivity contribution >= 4 is 43.6 Å². The minimum absolute atomic E-state index is 0.0588. The third-order valence-electron chi connectivity index (χ3n) is 9.42. The van der Waals surface area contributed by atoms with E-state index in [2.05, 4.69) is 19.9 Å². The number of rotatable bonds is 15. The molecule has 4 N–H and O–H groups in total. The van der Waals surface area contributed by atoms with E-state index in [1.54, 1.807) is 97.9 Å². The zero-order valence-corrected chi connectivity index (χ0v) is 32.2. The van der Waals surface area contributed by atoms with Gasteiger partial charge in [-0.1, -0.05) is 54.6 Å². The van der Waals surface area contributed by atoms with Crippen LogP contribution in [0, 0.1) is 0 Å². The van der Waals surface area contributed by atoms with Gasteiger partial charge < -0.3 is 34.1 Å². The lowest BCUT2D eigenvalue weighted by Gasteiger charge is -2.41. The fourth-order valence-corrected chi connectivity index (χ4v) is 8.81. The maximum absolute atomic E-state index is 12.6. The number of aliphatic hydroxyl groups is 2. The Kier molecular flexibility index (Phi) is 11.2. The lowest BCUT2D eigenvalue weighted by molar-refractivity contribution is -0.137. The number of benzene rings is 3. The third-order valence-corrected chi connectivity index (χ3v) is 11.0. The van der Waals surface area contributed by atoms with Gasteiger partial charge in [-0.2, -0.15) is 16.8 Å². The van der Waals surface area contributed by atoms with Crippen LogP contribution in [0.25, 0.3) is 11.2 Å². The standard InChI is InChI=1S/C36H40N6O12S2/c1-41(2)22-40-31-30-32(38-21-37-31)42(23-39-30)33-35(44,20-56(48,49)50)34(43,19-55(45,46)47)29(54-33)18-53-36(24-8-6-5-7-9-24,25-10-14-27(51-3)15-11-25)26-12-16-28(52-4)17-13-26/h5-17,21-23,29,33,43-44H,18-20H2,1-4H3,(H,45,46,47)(H,48,49,50)/t29-,33-,34-,35+/m1/s1. The van der Waals surface area contributed by atoms with E-state index in [0.29, 0.717) is 28.2 Å². The summed E-state index contributed by atoms with van der Waals surface area (Å²) in [5, 5.41) is 24.9. The van der Waals surface area contributed by atoms with Gasteiger partial charge in [-0.15, -0.1) is 0 Å². The second-order valence-corrected chi connectivity index (χ2v) is 16.2. The summed E-state index contributed by atoms with van der Waals surface area (Å²) in [5.41, 5.74) is -6.39. The van der Waals surface area contributed by atoms with Gasteiger partial charge in [-0.3, -0.25) is 13.7 Å². The zero-order valence-electron chi connectivity index (χ0n) is 30.6. The normalized spacial score (nSPS) is 21.8. The molecule has 0 saturated carbocycles. The molecule has 0 aliphatic carbocycles. The van der Waals surface area contributed by atoms with Crippen LogP contribution in [0.5, 0.6) is 11.5 Å². The Morgan fingerprint density at radius 1 is 0.821 bits per heavy atom. The van der Waals surface area contributed by atoms with E-state index in [4.69, 9.17) is 18.9 Å². The molecule has 0 radical (unpaired) electrons. The number of aliphatic imine (C=N–C) groups is 1. The van der Waals surface area contributed by atoms with E-state index in [9.17, 15) is 36.2 Å². The predicted octanol–water partition coefficient (Wildman–Crippen LogP) is 2.21. The molecule has 2 aromatic heterocycles. The van der Waals surface area contributed by atoms with Gasteiger partial charge in [0.2, 0.25) is 0 Å². The first-order valence-corrected chi connectivity index (χ1v) is 20.0. The summed E-state index contributed by atoms with van der Waals surface area (Å²) >= 11 is 0. The quantitative estimate of drug-likeness (QED) is 0.0512. The first-order chi connectivity index (χ1) is 26.4. The van der Waals surface area contributed by atoms with E-state index >= 15 is 0 Å². The average molecular weight is 813 g/mol. The van der Waals surface area contributed by atoms with Crippen molar-refractivity contribution < 1.29 is 55.1 Å². The first kappa shape index (κ1) is 40.6. The van der Waals surface area contributed by atoms with Gasteiger partial charge in [0.05, 0.1) is 33.5 Å². The number of methoxy groups -OCH3 is 2. The Hall–Kier alpha value is -5.06. The molecule has 0 amide bonds. The second-order valence-electron chi connectivity index (χ2n) is 13.3. The molecular weight excluding hydrogens is 773 g/mol. The van der Waals surface area contributed by atoms with E-state index in [0.717, 1.165) is 17.2 Å². The number of fused-ring (bicyclic) bond motifs is 1. The maximum Gasteiger partial charge on any atom is 0.268 e. The van der Waals surface area contributed by atoms with Crippen LogP contribution in [0.1, 0.15) is 22.9 Å². The van der Waals surface area contributed by atoms with E-state index in [1.807, 2.05) is 0 Å². The zero-order chi connectivity index (χ0) is 40.5. The fourth-order valence-electron chi connectivity index (χ4n) is 6.87. The number of imidazole rings is 1. The average Bonchev–Trinajstić information content (AvgIpc) is 3.66. The van der Waals surface area contributed by atoms with Crippen LogP contribution in [0.2, 0.25) is 0 Å². The third kappa shape index (κ3) is 7.82. The van der Waals surface area contributed by atoms with Gasteiger partial charge in [-0.05, 0) is 41.0 Å². The Morgan fingerprint density at radius 2 is 1.36 bits per heavy atom. The molecule has 1 aliphatic heterocycles. The highest BCUT2D eigenvalue weighted by atomic mass is 32.2. The lowest BCUT2D eigenvalue weighted by Crippen LogP contribution is -2.65. The van der Waals surface area contributed by atoms with E-state index in [1.165, 1.54) is 20.6 Å². The topological polar surface area (TPSA) is 245 Å². The van der Waals surface area contributed by atoms with Gasteiger partial charge in [0, 0.05) is 14.1 Å². The molecule has 18 nitrogen and oxygen atoms in total. The summed E-state index contributed by atoms with van der Waals surface area (Å²) < 4.78 is 95.8. The largest absolute Gasteiger partial charge is 0.497 e. The lowest BCUT2D eigenvalue weighted by atomic mass is 9.79. The predicted molar refractivity (Wildman–Crippen MR) is 202 cm³/mol. The van der Waals surface area contributed by atoms with Crippen molar-refractivity contribution in [1.82, 2.24) is 24.4 Å². The van der Waals surface area contributed by atoms with Crippen molar-refractivity contribution in [2.24, 2.45) is 4.99 Å². The monoisotopic (exact) mass is 812 g/mol. The molecule has 5 aromatic rings. The molecule has 0 unspecified atom stereocenters. The molecule has 20 heteroatoms. The summed E-state index contributed by atoms with van der Waals surface area (Å²) in [7, 11) is -4.02. The van der Waals surface area contributed by atoms with E-state index < -0.39 is 67.5 Å². The first-order valence-electron chi connectivity index (χ1n) is 16.8. The molecule has 1 fully saturated rings. The molecule has 1 saturated heterocycles. The van der Waals surface area contributed by atoms with Crippen molar-refractivity contribution in [2.75, 3.05) is 46.4 Å². The van der Waals surface area contributed by atoms with Crippen LogP contribution in [-0.2, 0) is 35.3 Å². The Balaban J connectivity index is 1.55. The molecule has 4 atom stereocenters. The van der Waals surface area contributed by atoms with Gasteiger partial charge in [0.15, 0.2) is 28.8 Å². The van der Waals surface area contributed by atoms with Gasteiger partial charge >= 0.3 is 0 Å². The van der Waals surface area contributed by atoms with Crippen LogP contribution in [0.4, 0.5) is 5.82 Å². The van der Waals surface area contributed by atoms with Crippen LogP contribution in [-0.4, -0.2) is 131 Å². The SMILES string of the molecule is COc1ccc(C(OC[C@H]2O[C@@H](n3cnc4c(N=CN(C)C)ncnc43)[C@@](O)(CS(=O)(=O)O)[C@@]2(O)CS(=O)(=O)O)(c2ccccc2)c2ccc(OC)cc2)cc1. The number of aromatic nitrogens is 4. The Morgan fingerprint density at radius 3 is 1.88 bits per heavy atom. The molecule has 0 spiro atoms. The van der Waals surface area contributed by atoms with Crippen LogP contribution >= 0.6 is 0 Å². The molecule has 298 valence electrons. The van der Waals surface area contributed by atoms with Crippen molar-refractivity contribution in [3.63, 3.8) is 0 Å². The summed E-state index contributed by atoms with van der Waals surface area (Å²) in [6.07, 6.45) is -0.324. The molecule has 1 aliphatic rings. The molecular formula is C36H40N6O12S2. The highest BCUT2D eigenvalue weighted by Gasteiger charge is 2.69. The smallest absolute Gasteiger partial charge is 0.268 e. The highest BCUT2D eigenvalue weighted by molar-refractivity contribution is 7.86. The Labute approximate surface area is 322 Å². The van der Waals surface area contributed by atoms with Crippen molar-refractivity contribution in [2.45, 2.75) is 29.1 Å². The molecule has 56 heavy (non-hydrogen) atoms.